The molecule has 1 atom stereocenters. The molecule has 1 fully saturated rings. The number of hydrogen-bond acceptors (Lipinski definition) is 4. The normalized spacial score (nSPS) is 16.2. The van der Waals surface area contributed by atoms with Gasteiger partial charge in [-0.05, 0) is 54.8 Å². The highest BCUT2D eigenvalue weighted by atomic mass is 35.5. The van der Waals surface area contributed by atoms with Crippen molar-refractivity contribution in [3.63, 3.8) is 0 Å². The molecule has 0 bridgehead atoms. The number of amides is 3. The zero-order chi connectivity index (χ0) is 21.3. The Morgan fingerprint density at radius 2 is 1.90 bits per heavy atom. The molecule has 1 aliphatic rings. The highest BCUT2D eigenvalue weighted by Crippen LogP contribution is 2.29. The number of hydrogen-bond donors (Lipinski definition) is 0. The highest BCUT2D eigenvalue weighted by Gasteiger charge is 2.44. The first kappa shape index (κ1) is 20.3. The summed E-state index contributed by atoms with van der Waals surface area (Å²) in [5.41, 5.74) is 1.90. The lowest BCUT2D eigenvalue weighted by Crippen LogP contribution is -2.45. The van der Waals surface area contributed by atoms with Crippen molar-refractivity contribution in [2.75, 3.05) is 4.90 Å². The molecule has 152 valence electrons. The van der Waals surface area contributed by atoms with Crippen molar-refractivity contribution in [1.82, 2.24) is 4.90 Å². The molecule has 4 rings (SSSR count). The summed E-state index contributed by atoms with van der Waals surface area (Å²) < 4.78 is 0. The Kier molecular flexibility index (Phi) is 5.70. The average molecular weight is 439 g/mol. The molecule has 30 heavy (non-hydrogen) atoms. The molecule has 1 aliphatic heterocycles. The summed E-state index contributed by atoms with van der Waals surface area (Å²) >= 11 is 7.44. The van der Waals surface area contributed by atoms with E-state index in [4.69, 9.17) is 11.6 Å². The number of nitrogens with zero attached hydrogens (tertiary/aromatic N) is 2. The van der Waals surface area contributed by atoms with Crippen molar-refractivity contribution in [1.29, 1.82) is 0 Å². The van der Waals surface area contributed by atoms with Crippen LogP contribution in [-0.2, 0) is 16.1 Å². The largest absolute Gasteiger partial charge is 0.321 e. The van der Waals surface area contributed by atoms with Crippen LogP contribution in [0.4, 0.5) is 5.69 Å². The van der Waals surface area contributed by atoms with Crippen LogP contribution in [0.3, 0.4) is 0 Å². The Hall–Kier alpha value is -2.96. The topological polar surface area (TPSA) is 57.7 Å². The van der Waals surface area contributed by atoms with Crippen LogP contribution in [0.5, 0.6) is 0 Å². The van der Waals surface area contributed by atoms with Gasteiger partial charge < -0.3 is 4.90 Å². The quantitative estimate of drug-likeness (QED) is 0.543. The number of rotatable bonds is 5. The zero-order valence-electron chi connectivity index (χ0n) is 16.2. The zero-order valence-corrected chi connectivity index (χ0v) is 17.8. The number of halogens is 1. The number of benzene rings is 2. The van der Waals surface area contributed by atoms with Gasteiger partial charge in [0.1, 0.15) is 6.04 Å². The summed E-state index contributed by atoms with van der Waals surface area (Å²) in [5.74, 6) is -1.00. The Balaban J connectivity index is 1.68. The van der Waals surface area contributed by atoms with Gasteiger partial charge in [0.05, 0.1) is 18.7 Å². The van der Waals surface area contributed by atoms with E-state index in [2.05, 4.69) is 0 Å². The number of aryl methyl sites for hydroxylation is 1. The summed E-state index contributed by atoms with van der Waals surface area (Å²) in [4.78, 5) is 43.0. The molecule has 1 saturated heterocycles. The molecule has 5 nitrogen and oxygen atoms in total. The fourth-order valence-electron chi connectivity index (χ4n) is 3.56. The van der Waals surface area contributed by atoms with Crippen LogP contribution >= 0.6 is 22.9 Å². The lowest BCUT2D eigenvalue weighted by Gasteiger charge is -2.27. The second-order valence-corrected chi connectivity index (χ2v) is 8.61. The Morgan fingerprint density at radius 3 is 2.57 bits per heavy atom. The standard InChI is InChI=1S/C23H19ClN2O3S/c1-15-4-2-5-16(12-15)22(28)25(14-19-6-3-11-30-19)20-13-21(27)26(23(20)29)18-9-7-17(24)8-10-18/h2-12,20H,13-14H2,1H3. The van der Waals surface area contributed by atoms with Crippen LogP contribution in [0.15, 0.2) is 66.0 Å². The van der Waals surface area contributed by atoms with E-state index in [-0.39, 0.29) is 24.8 Å². The Labute approximate surface area is 183 Å². The fourth-order valence-corrected chi connectivity index (χ4v) is 4.39. The SMILES string of the molecule is Cc1cccc(C(=O)N(Cc2cccs2)C2CC(=O)N(c3ccc(Cl)cc3)C2=O)c1. The van der Waals surface area contributed by atoms with Gasteiger partial charge in [-0.2, -0.15) is 0 Å². The van der Waals surface area contributed by atoms with Gasteiger partial charge in [-0.3, -0.25) is 14.4 Å². The van der Waals surface area contributed by atoms with Crippen molar-refractivity contribution >= 4 is 46.3 Å². The van der Waals surface area contributed by atoms with Gasteiger partial charge in [0.15, 0.2) is 0 Å². The molecule has 1 aromatic heterocycles. The van der Waals surface area contributed by atoms with Crippen LogP contribution in [0, 0.1) is 6.92 Å². The van der Waals surface area contributed by atoms with E-state index < -0.39 is 11.9 Å². The fraction of sp³-hybridized carbons (Fsp3) is 0.174. The first-order chi connectivity index (χ1) is 14.4. The van der Waals surface area contributed by atoms with E-state index in [1.807, 2.05) is 36.6 Å². The monoisotopic (exact) mass is 438 g/mol. The van der Waals surface area contributed by atoms with E-state index in [0.717, 1.165) is 15.3 Å². The smallest absolute Gasteiger partial charge is 0.257 e. The molecule has 0 aliphatic carbocycles. The van der Waals surface area contributed by atoms with Crippen molar-refractivity contribution in [3.05, 3.63) is 87.1 Å². The van der Waals surface area contributed by atoms with Crippen LogP contribution < -0.4 is 4.90 Å². The lowest BCUT2D eigenvalue weighted by molar-refractivity contribution is -0.122. The maximum Gasteiger partial charge on any atom is 0.257 e. The minimum atomic E-state index is -0.858. The number of thiophene rings is 1. The van der Waals surface area contributed by atoms with Crippen molar-refractivity contribution in [3.8, 4) is 0 Å². The summed E-state index contributed by atoms with van der Waals surface area (Å²) in [6.07, 6.45) is -0.0512. The van der Waals surface area contributed by atoms with Gasteiger partial charge in [-0.25, -0.2) is 4.90 Å². The molecular weight excluding hydrogens is 420 g/mol. The van der Waals surface area contributed by atoms with Crippen LogP contribution in [0.1, 0.15) is 27.2 Å². The molecule has 2 heterocycles. The van der Waals surface area contributed by atoms with Crippen molar-refractivity contribution < 1.29 is 14.4 Å². The second kappa shape index (κ2) is 8.42. The molecule has 0 N–H and O–H groups in total. The number of anilines is 1. The molecule has 1 unspecified atom stereocenters. The average Bonchev–Trinajstić information content (AvgIpc) is 3.34. The van der Waals surface area contributed by atoms with E-state index in [1.54, 1.807) is 36.4 Å². The molecule has 0 radical (unpaired) electrons. The molecule has 7 heteroatoms. The minimum absolute atomic E-state index is 0.0512. The van der Waals surface area contributed by atoms with Gasteiger partial charge in [0, 0.05) is 15.5 Å². The van der Waals surface area contributed by atoms with E-state index in [9.17, 15) is 14.4 Å². The van der Waals surface area contributed by atoms with Gasteiger partial charge in [-0.1, -0.05) is 35.4 Å². The molecular formula is C23H19ClN2O3S. The number of imide groups is 1. The summed E-state index contributed by atoms with van der Waals surface area (Å²) in [5, 5.41) is 2.44. The molecule has 0 spiro atoms. The minimum Gasteiger partial charge on any atom is -0.321 e. The van der Waals surface area contributed by atoms with E-state index in [1.165, 1.54) is 16.2 Å². The molecule has 2 aromatic carbocycles. The highest BCUT2D eigenvalue weighted by molar-refractivity contribution is 7.09. The van der Waals surface area contributed by atoms with E-state index >= 15 is 0 Å². The van der Waals surface area contributed by atoms with Crippen LogP contribution in [0.2, 0.25) is 5.02 Å². The van der Waals surface area contributed by atoms with Crippen LogP contribution in [-0.4, -0.2) is 28.7 Å². The summed E-state index contributed by atoms with van der Waals surface area (Å²) in [6.45, 7) is 2.18. The van der Waals surface area contributed by atoms with Gasteiger partial charge >= 0.3 is 0 Å². The Bertz CT molecular complexity index is 1100. The third-order valence-corrected chi connectivity index (χ3v) is 6.13. The van der Waals surface area contributed by atoms with Crippen molar-refractivity contribution in [2.45, 2.75) is 25.9 Å². The molecule has 0 saturated carbocycles. The first-order valence-corrected chi connectivity index (χ1v) is 10.7. The van der Waals surface area contributed by atoms with E-state index in [0.29, 0.717) is 16.3 Å². The van der Waals surface area contributed by atoms with Crippen molar-refractivity contribution in [2.24, 2.45) is 0 Å². The molecule has 3 amide bonds. The summed E-state index contributed by atoms with van der Waals surface area (Å²) in [6, 6.07) is 16.7. The summed E-state index contributed by atoms with van der Waals surface area (Å²) in [7, 11) is 0. The Morgan fingerprint density at radius 1 is 1.13 bits per heavy atom. The van der Waals surface area contributed by atoms with Gasteiger partial charge in [0.25, 0.3) is 11.8 Å². The van der Waals surface area contributed by atoms with Crippen LogP contribution in [0.25, 0.3) is 0 Å². The third kappa shape index (κ3) is 4.01. The maximum absolute atomic E-state index is 13.4. The molecule has 3 aromatic rings. The maximum atomic E-state index is 13.4. The third-order valence-electron chi connectivity index (χ3n) is 5.02. The predicted octanol–water partition coefficient (Wildman–Crippen LogP) is 4.68. The number of carbonyl (C=O) groups excluding carboxylic acids is 3. The lowest BCUT2D eigenvalue weighted by atomic mass is 10.1. The van der Waals surface area contributed by atoms with Gasteiger partial charge in [0.2, 0.25) is 5.91 Å². The number of carbonyl (C=O) groups is 3. The second-order valence-electron chi connectivity index (χ2n) is 7.15. The van der Waals surface area contributed by atoms with Gasteiger partial charge in [-0.15, -0.1) is 11.3 Å². The first-order valence-electron chi connectivity index (χ1n) is 9.46. The predicted molar refractivity (Wildman–Crippen MR) is 118 cm³/mol.